The molecule has 0 aliphatic carbocycles. The molecule has 4 nitrogen and oxygen atoms in total. The average molecular weight is 366 g/mol. The highest BCUT2D eigenvalue weighted by atomic mass is 16.5. The topological polar surface area (TPSA) is 45.7 Å². The van der Waals surface area contributed by atoms with Crippen LogP contribution in [0.2, 0.25) is 0 Å². The smallest absolute Gasteiger partial charge is 0.191 e. The number of nitrogens with one attached hydrogen (secondary N) is 2. The standard InChI is InChI=1S/C23H31N3O/c1-3-24-23(25-16-19-10-7-9-18(2)15-19)26-17-21-13-8-14-27-22(21)20-11-5-4-6-12-20/h4-7,9-12,15,21-22H,3,8,13-14,16-17H2,1-2H3,(H2,24,25,26). The zero-order valence-corrected chi connectivity index (χ0v) is 16.4. The molecule has 2 aromatic carbocycles. The molecule has 0 spiro atoms. The molecule has 2 atom stereocenters. The first-order valence-corrected chi connectivity index (χ1v) is 10.0. The molecule has 1 aliphatic heterocycles. The Labute approximate surface area is 163 Å². The Morgan fingerprint density at radius 2 is 1.96 bits per heavy atom. The van der Waals surface area contributed by atoms with E-state index in [1.54, 1.807) is 0 Å². The lowest BCUT2D eigenvalue weighted by molar-refractivity contribution is -0.0265. The van der Waals surface area contributed by atoms with Crippen LogP contribution in [0.15, 0.2) is 59.6 Å². The second kappa shape index (κ2) is 10.1. The minimum Gasteiger partial charge on any atom is -0.373 e. The van der Waals surface area contributed by atoms with E-state index in [0.717, 1.165) is 32.1 Å². The summed E-state index contributed by atoms with van der Waals surface area (Å²) in [6.07, 6.45) is 2.45. The summed E-state index contributed by atoms with van der Waals surface area (Å²) in [6.45, 7) is 7.45. The fourth-order valence-electron chi connectivity index (χ4n) is 3.61. The van der Waals surface area contributed by atoms with Gasteiger partial charge >= 0.3 is 0 Å². The number of aryl methyl sites for hydroxylation is 1. The molecule has 1 heterocycles. The summed E-state index contributed by atoms with van der Waals surface area (Å²) in [6, 6.07) is 19.1. The van der Waals surface area contributed by atoms with Crippen molar-refractivity contribution in [3.05, 3.63) is 71.3 Å². The zero-order chi connectivity index (χ0) is 18.9. The third kappa shape index (κ3) is 5.83. The van der Waals surface area contributed by atoms with Crippen LogP contribution in [0.4, 0.5) is 0 Å². The minimum absolute atomic E-state index is 0.159. The quantitative estimate of drug-likeness (QED) is 0.595. The number of benzene rings is 2. The first-order valence-electron chi connectivity index (χ1n) is 10.0. The Morgan fingerprint density at radius 1 is 1.11 bits per heavy atom. The lowest BCUT2D eigenvalue weighted by atomic mass is 9.89. The number of nitrogens with zero attached hydrogens (tertiary/aromatic N) is 1. The number of aliphatic imine (C=N–C) groups is 1. The van der Waals surface area contributed by atoms with E-state index in [1.807, 2.05) is 0 Å². The molecule has 2 unspecified atom stereocenters. The van der Waals surface area contributed by atoms with Gasteiger partial charge in [-0.25, -0.2) is 4.99 Å². The van der Waals surface area contributed by atoms with E-state index in [-0.39, 0.29) is 6.10 Å². The lowest BCUT2D eigenvalue weighted by Gasteiger charge is -2.32. The Kier molecular flexibility index (Phi) is 7.28. The molecule has 1 aliphatic rings. The van der Waals surface area contributed by atoms with Crippen molar-refractivity contribution in [3.8, 4) is 0 Å². The van der Waals surface area contributed by atoms with E-state index in [0.29, 0.717) is 12.5 Å². The van der Waals surface area contributed by atoms with E-state index in [2.05, 4.69) is 79.1 Å². The molecule has 0 radical (unpaired) electrons. The van der Waals surface area contributed by atoms with Crippen molar-refractivity contribution >= 4 is 5.96 Å². The molecular formula is C23H31N3O. The molecule has 144 valence electrons. The molecule has 1 saturated heterocycles. The Hall–Kier alpha value is -2.33. The van der Waals surface area contributed by atoms with E-state index < -0.39 is 0 Å². The van der Waals surface area contributed by atoms with E-state index in [4.69, 9.17) is 9.73 Å². The lowest BCUT2D eigenvalue weighted by Crippen LogP contribution is -2.42. The highest BCUT2D eigenvalue weighted by Crippen LogP contribution is 2.33. The number of guanidine groups is 1. The second-order valence-electron chi connectivity index (χ2n) is 7.17. The largest absolute Gasteiger partial charge is 0.373 e. The summed E-state index contributed by atoms with van der Waals surface area (Å²) < 4.78 is 6.11. The normalized spacial score (nSPS) is 20.3. The predicted octanol–water partition coefficient (Wildman–Crippen LogP) is 4.22. The molecule has 1 fully saturated rings. The number of hydrogen-bond donors (Lipinski definition) is 2. The van der Waals surface area contributed by atoms with E-state index in [9.17, 15) is 0 Å². The van der Waals surface area contributed by atoms with Gasteiger partial charge in [-0.05, 0) is 37.8 Å². The SMILES string of the molecule is CCNC(=NCc1cccc(C)c1)NCC1CCCOC1c1ccccc1. The molecule has 2 N–H and O–H groups in total. The molecule has 0 amide bonds. The van der Waals surface area contributed by atoms with Crippen molar-refractivity contribution in [1.82, 2.24) is 10.6 Å². The maximum Gasteiger partial charge on any atom is 0.191 e. The van der Waals surface area contributed by atoms with Gasteiger partial charge in [0, 0.05) is 25.6 Å². The Balaban J connectivity index is 1.62. The van der Waals surface area contributed by atoms with E-state index >= 15 is 0 Å². The van der Waals surface area contributed by atoms with Crippen molar-refractivity contribution in [1.29, 1.82) is 0 Å². The molecule has 0 aromatic heterocycles. The van der Waals surface area contributed by atoms with Gasteiger partial charge in [-0.3, -0.25) is 0 Å². The Morgan fingerprint density at radius 3 is 2.74 bits per heavy atom. The van der Waals surface area contributed by atoms with Gasteiger partial charge in [0.15, 0.2) is 5.96 Å². The van der Waals surface area contributed by atoms with E-state index in [1.165, 1.54) is 23.1 Å². The average Bonchev–Trinajstić information content (AvgIpc) is 2.71. The summed E-state index contributed by atoms with van der Waals surface area (Å²) in [5.74, 6) is 1.32. The fourth-order valence-corrected chi connectivity index (χ4v) is 3.61. The van der Waals surface area contributed by atoms with Gasteiger partial charge in [0.05, 0.1) is 12.6 Å². The third-order valence-corrected chi connectivity index (χ3v) is 4.95. The van der Waals surface area contributed by atoms with Crippen molar-refractivity contribution in [2.75, 3.05) is 19.7 Å². The van der Waals surface area contributed by atoms with Crippen molar-refractivity contribution < 1.29 is 4.74 Å². The Bertz CT molecular complexity index is 729. The fraction of sp³-hybridized carbons (Fsp3) is 0.435. The number of ether oxygens (including phenoxy) is 1. The van der Waals surface area contributed by atoms with Crippen LogP contribution in [0, 0.1) is 12.8 Å². The summed E-state index contributed by atoms with van der Waals surface area (Å²) >= 11 is 0. The summed E-state index contributed by atoms with van der Waals surface area (Å²) in [4.78, 5) is 4.76. The van der Waals surface area contributed by atoms with Gasteiger partial charge in [-0.15, -0.1) is 0 Å². The van der Waals surface area contributed by atoms with Gasteiger partial charge in [0.1, 0.15) is 0 Å². The van der Waals surface area contributed by atoms with Crippen molar-refractivity contribution in [2.45, 2.75) is 39.3 Å². The highest BCUT2D eigenvalue weighted by Gasteiger charge is 2.27. The zero-order valence-electron chi connectivity index (χ0n) is 16.4. The van der Waals surface area contributed by atoms with Crippen molar-refractivity contribution in [2.24, 2.45) is 10.9 Å². The number of hydrogen-bond acceptors (Lipinski definition) is 2. The van der Waals surface area contributed by atoms with Crippen LogP contribution in [0.1, 0.15) is 42.6 Å². The summed E-state index contributed by atoms with van der Waals surface area (Å²) in [7, 11) is 0. The van der Waals surface area contributed by atoms with Gasteiger partial charge in [0.25, 0.3) is 0 Å². The van der Waals surface area contributed by atoms with Crippen LogP contribution in [-0.4, -0.2) is 25.7 Å². The predicted molar refractivity (Wildman–Crippen MR) is 112 cm³/mol. The molecule has 2 aromatic rings. The molecule has 0 bridgehead atoms. The highest BCUT2D eigenvalue weighted by molar-refractivity contribution is 5.79. The maximum absolute atomic E-state index is 6.11. The summed E-state index contributed by atoms with van der Waals surface area (Å²) in [5.41, 5.74) is 3.77. The first kappa shape index (κ1) is 19.4. The monoisotopic (exact) mass is 365 g/mol. The van der Waals surface area contributed by atoms with Crippen LogP contribution >= 0.6 is 0 Å². The van der Waals surface area contributed by atoms with Gasteiger partial charge < -0.3 is 15.4 Å². The van der Waals surface area contributed by atoms with Crippen LogP contribution in [0.25, 0.3) is 0 Å². The van der Waals surface area contributed by atoms with Crippen LogP contribution in [0.3, 0.4) is 0 Å². The van der Waals surface area contributed by atoms with Crippen molar-refractivity contribution in [3.63, 3.8) is 0 Å². The van der Waals surface area contributed by atoms with Gasteiger partial charge in [-0.2, -0.15) is 0 Å². The molecule has 3 rings (SSSR count). The first-order chi connectivity index (χ1) is 13.3. The molecular weight excluding hydrogens is 334 g/mol. The molecule has 27 heavy (non-hydrogen) atoms. The van der Waals surface area contributed by atoms with Gasteiger partial charge in [0.2, 0.25) is 0 Å². The second-order valence-corrected chi connectivity index (χ2v) is 7.17. The third-order valence-electron chi connectivity index (χ3n) is 4.95. The summed E-state index contributed by atoms with van der Waals surface area (Å²) in [5, 5.41) is 6.89. The van der Waals surface area contributed by atoms with Crippen LogP contribution in [0.5, 0.6) is 0 Å². The number of rotatable bonds is 6. The van der Waals surface area contributed by atoms with Crippen LogP contribution in [-0.2, 0) is 11.3 Å². The van der Waals surface area contributed by atoms with Crippen LogP contribution < -0.4 is 10.6 Å². The van der Waals surface area contributed by atoms with Gasteiger partial charge in [-0.1, -0.05) is 60.2 Å². The maximum atomic E-state index is 6.11. The molecule has 4 heteroatoms. The minimum atomic E-state index is 0.159. The molecule has 0 saturated carbocycles.